The van der Waals surface area contributed by atoms with E-state index in [2.05, 4.69) is 10.6 Å². The van der Waals surface area contributed by atoms with Gasteiger partial charge in [-0.25, -0.2) is 4.79 Å². The topological polar surface area (TPSA) is 84.5 Å². The van der Waals surface area contributed by atoms with Crippen molar-refractivity contribution in [3.63, 3.8) is 0 Å². The first kappa shape index (κ1) is 21.3. The van der Waals surface area contributed by atoms with Gasteiger partial charge in [0.1, 0.15) is 0 Å². The fourth-order valence-corrected chi connectivity index (χ4v) is 3.80. The molecule has 0 fully saturated rings. The SMILES string of the molecule is CC(NC(=O)c1ccccc1NC(=O)C1(C)Cc2ccccc2C(=O)O1)c1ccccc1. The van der Waals surface area contributed by atoms with Crippen molar-refractivity contribution in [3.05, 3.63) is 101 Å². The maximum atomic E-state index is 13.1. The van der Waals surface area contributed by atoms with Crippen LogP contribution in [0.4, 0.5) is 5.69 Å². The fraction of sp³-hybridized carbons (Fsp3) is 0.192. The first-order chi connectivity index (χ1) is 15.4. The molecule has 32 heavy (non-hydrogen) atoms. The maximum Gasteiger partial charge on any atom is 0.339 e. The number of fused-ring (bicyclic) bond motifs is 1. The molecular weight excluding hydrogens is 404 g/mol. The number of carbonyl (C=O) groups is 3. The monoisotopic (exact) mass is 428 g/mol. The number of rotatable bonds is 5. The summed E-state index contributed by atoms with van der Waals surface area (Å²) >= 11 is 0. The van der Waals surface area contributed by atoms with Gasteiger partial charge in [-0.05, 0) is 43.2 Å². The van der Waals surface area contributed by atoms with Crippen molar-refractivity contribution in [3.8, 4) is 0 Å². The molecule has 0 bridgehead atoms. The van der Waals surface area contributed by atoms with Crippen molar-refractivity contribution < 1.29 is 19.1 Å². The fourth-order valence-electron chi connectivity index (χ4n) is 3.80. The number of hydrogen-bond acceptors (Lipinski definition) is 4. The predicted octanol–water partition coefficient (Wildman–Crippen LogP) is 4.29. The van der Waals surface area contributed by atoms with E-state index in [1.165, 1.54) is 0 Å². The van der Waals surface area contributed by atoms with Gasteiger partial charge in [-0.3, -0.25) is 9.59 Å². The molecule has 2 atom stereocenters. The van der Waals surface area contributed by atoms with Gasteiger partial charge in [-0.2, -0.15) is 0 Å². The van der Waals surface area contributed by atoms with E-state index >= 15 is 0 Å². The first-order valence-corrected chi connectivity index (χ1v) is 10.4. The number of benzene rings is 3. The molecule has 2 N–H and O–H groups in total. The van der Waals surface area contributed by atoms with E-state index in [0.717, 1.165) is 11.1 Å². The van der Waals surface area contributed by atoms with Crippen molar-refractivity contribution in [2.75, 3.05) is 5.32 Å². The minimum atomic E-state index is -1.38. The zero-order valence-electron chi connectivity index (χ0n) is 17.9. The summed E-state index contributed by atoms with van der Waals surface area (Å²) in [6, 6.07) is 23.3. The van der Waals surface area contributed by atoms with Gasteiger partial charge in [-0.1, -0.05) is 60.7 Å². The lowest BCUT2D eigenvalue weighted by atomic mass is 9.89. The van der Waals surface area contributed by atoms with Crippen LogP contribution in [0.2, 0.25) is 0 Å². The van der Waals surface area contributed by atoms with Crippen molar-refractivity contribution >= 4 is 23.5 Å². The smallest absolute Gasteiger partial charge is 0.339 e. The summed E-state index contributed by atoms with van der Waals surface area (Å²) in [5, 5.41) is 5.75. The lowest BCUT2D eigenvalue weighted by Crippen LogP contribution is -2.49. The molecule has 0 spiro atoms. The van der Waals surface area contributed by atoms with E-state index < -0.39 is 17.5 Å². The van der Waals surface area contributed by atoms with Gasteiger partial charge in [0, 0.05) is 6.42 Å². The van der Waals surface area contributed by atoms with Crippen LogP contribution in [0.3, 0.4) is 0 Å². The van der Waals surface area contributed by atoms with E-state index in [4.69, 9.17) is 4.74 Å². The summed E-state index contributed by atoms with van der Waals surface area (Å²) in [5.41, 5.74) is 1.49. The lowest BCUT2D eigenvalue weighted by Gasteiger charge is -2.33. The summed E-state index contributed by atoms with van der Waals surface area (Å²) in [6.45, 7) is 3.48. The highest BCUT2D eigenvalue weighted by Gasteiger charge is 2.42. The quantitative estimate of drug-likeness (QED) is 0.594. The van der Waals surface area contributed by atoms with Crippen molar-refractivity contribution in [2.45, 2.75) is 31.9 Å². The zero-order valence-corrected chi connectivity index (χ0v) is 17.9. The van der Waals surface area contributed by atoms with Crippen LogP contribution >= 0.6 is 0 Å². The molecule has 2 amide bonds. The summed E-state index contributed by atoms with van der Waals surface area (Å²) in [4.78, 5) is 38.5. The lowest BCUT2D eigenvalue weighted by molar-refractivity contribution is -0.134. The van der Waals surface area contributed by atoms with E-state index in [0.29, 0.717) is 16.8 Å². The van der Waals surface area contributed by atoms with Crippen LogP contribution in [0.5, 0.6) is 0 Å². The number of cyclic esters (lactones) is 1. The van der Waals surface area contributed by atoms with Crippen LogP contribution in [0.15, 0.2) is 78.9 Å². The third-order valence-corrected chi connectivity index (χ3v) is 5.63. The highest BCUT2D eigenvalue weighted by molar-refractivity contribution is 6.07. The summed E-state index contributed by atoms with van der Waals surface area (Å²) < 4.78 is 5.51. The molecule has 0 radical (unpaired) electrons. The Labute approximate surface area is 186 Å². The van der Waals surface area contributed by atoms with Crippen LogP contribution in [-0.4, -0.2) is 23.4 Å². The number of nitrogens with one attached hydrogen (secondary N) is 2. The van der Waals surface area contributed by atoms with E-state index in [-0.39, 0.29) is 18.4 Å². The van der Waals surface area contributed by atoms with Gasteiger partial charge >= 0.3 is 5.97 Å². The summed E-state index contributed by atoms with van der Waals surface area (Å²) in [5.74, 6) is -1.34. The van der Waals surface area contributed by atoms with Gasteiger partial charge in [0.05, 0.1) is 22.9 Å². The predicted molar refractivity (Wildman–Crippen MR) is 121 cm³/mol. The molecule has 0 aromatic heterocycles. The highest BCUT2D eigenvalue weighted by atomic mass is 16.6. The Kier molecular flexibility index (Phi) is 5.77. The second-order valence-electron chi connectivity index (χ2n) is 8.06. The number of amides is 2. The first-order valence-electron chi connectivity index (χ1n) is 10.4. The number of anilines is 1. The molecule has 1 heterocycles. The molecule has 1 aliphatic heterocycles. The molecular formula is C26H24N2O4. The average Bonchev–Trinajstić information content (AvgIpc) is 2.80. The van der Waals surface area contributed by atoms with Crippen molar-refractivity contribution in [1.82, 2.24) is 5.32 Å². The van der Waals surface area contributed by atoms with E-state index in [1.54, 1.807) is 43.3 Å². The maximum absolute atomic E-state index is 13.1. The molecule has 2 unspecified atom stereocenters. The van der Waals surface area contributed by atoms with E-state index in [9.17, 15) is 14.4 Å². The van der Waals surface area contributed by atoms with Gasteiger partial charge in [0.25, 0.3) is 11.8 Å². The number of para-hydroxylation sites is 1. The van der Waals surface area contributed by atoms with Gasteiger partial charge in [0.15, 0.2) is 5.60 Å². The molecule has 3 aromatic carbocycles. The Balaban J connectivity index is 1.52. The summed E-state index contributed by atoms with van der Waals surface area (Å²) in [7, 11) is 0. The Morgan fingerprint density at radius 2 is 1.59 bits per heavy atom. The van der Waals surface area contributed by atoms with Crippen LogP contribution in [0.1, 0.15) is 51.7 Å². The number of ether oxygens (including phenoxy) is 1. The molecule has 0 saturated carbocycles. The standard InChI is InChI=1S/C26H24N2O4/c1-17(18-10-4-3-5-11-18)27-23(29)21-14-8-9-15-22(21)28-25(31)26(2)16-19-12-6-7-13-20(19)24(30)32-26/h3-15,17H,16H2,1-2H3,(H,27,29)(H,28,31). The minimum absolute atomic E-state index is 0.208. The number of esters is 1. The average molecular weight is 428 g/mol. The second-order valence-corrected chi connectivity index (χ2v) is 8.06. The molecule has 4 rings (SSSR count). The third kappa shape index (κ3) is 4.25. The molecule has 6 nitrogen and oxygen atoms in total. The molecule has 1 aliphatic rings. The van der Waals surface area contributed by atoms with Gasteiger partial charge in [0.2, 0.25) is 0 Å². The Hall–Kier alpha value is -3.93. The number of hydrogen-bond donors (Lipinski definition) is 2. The van der Waals surface area contributed by atoms with Crippen molar-refractivity contribution in [2.24, 2.45) is 0 Å². The number of carbonyl (C=O) groups excluding carboxylic acids is 3. The normalized spacial score (nSPS) is 18.1. The minimum Gasteiger partial charge on any atom is -0.445 e. The van der Waals surface area contributed by atoms with Crippen LogP contribution < -0.4 is 10.6 Å². The van der Waals surface area contributed by atoms with Crippen molar-refractivity contribution in [1.29, 1.82) is 0 Å². The second kappa shape index (κ2) is 8.67. The summed E-state index contributed by atoms with van der Waals surface area (Å²) in [6.07, 6.45) is 0.250. The van der Waals surface area contributed by atoms with Crippen LogP contribution in [0.25, 0.3) is 0 Å². The van der Waals surface area contributed by atoms with Gasteiger partial charge in [-0.15, -0.1) is 0 Å². The third-order valence-electron chi connectivity index (χ3n) is 5.63. The van der Waals surface area contributed by atoms with E-state index in [1.807, 2.05) is 49.4 Å². The Morgan fingerprint density at radius 1 is 0.938 bits per heavy atom. The van der Waals surface area contributed by atoms with Crippen LogP contribution in [0, 0.1) is 0 Å². The highest BCUT2D eigenvalue weighted by Crippen LogP contribution is 2.30. The Morgan fingerprint density at radius 3 is 2.38 bits per heavy atom. The van der Waals surface area contributed by atoms with Gasteiger partial charge < -0.3 is 15.4 Å². The molecule has 0 saturated heterocycles. The Bertz CT molecular complexity index is 1180. The van der Waals surface area contributed by atoms with Crippen LogP contribution in [-0.2, 0) is 16.0 Å². The zero-order chi connectivity index (χ0) is 22.7. The molecule has 3 aromatic rings. The largest absolute Gasteiger partial charge is 0.445 e. The molecule has 162 valence electrons. The molecule has 6 heteroatoms. The molecule has 0 aliphatic carbocycles.